The summed E-state index contributed by atoms with van der Waals surface area (Å²) in [5.41, 5.74) is 2.77. The predicted molar refractivity (Wildman–Crippen MR) is 111 cm³/mol. The van der Waals surface area contributed by atoms with Crippen molar-refractivity contribution in [2.24, 2.45) is 5.92 Å². The lowest BCUT2D eigenvalue weighted by Crippen LogP contribution is -2.33. The molecule has 2 aromatic rings. The predicted octanol–water partition coefficient (Wildman–Crippen LogP) is 5.25. The van der Waals surface area contributed by atoms with Crippen LogP contribution in [0.2, 0.25) is 0 Å². The van der Waals surface area contributed by atoms with E-state index in [0.29, 0.717) is 10.8 Å². The van der Waals surface area contributed by atoms with Crippen LogP contribution in [0.15, 0.2) is 42.5 Å². The Balaban J connectivity index is 1.56. The van der Waals surface area contributed by atoms with E-state index in [4.69, 9.17) is 12.2 Å². The Morgan fingerprint density at radius 2 is 1.74 bits per heavy atom. The number of benzene rings is 2. The molecule has 2 N–H and O–H groups in total. The average Bonchev–Trinajstić information content (AvgIpc) is 2.65. The summed E-state index contributed by atoms with van der Waals surface area (Å²) < 4.78 is 26.3. The van der Waals surface area contributed by atoms with Gasteiger partial charge in [-0.15, -0.1) is 0 Å². The van der Waals surface area contributed by atoms with Gasteiger partial charge in [-0.1, -0.05) is 19.1 Å². The highest BCUT2D eigenvalue weighted by Gasteiger charge is 2.16. The summed E-state index contributed by atoms with van der Waals surface area (Å²) in [4.78, 5) is 2.43. The molecule has 27 heavy (non-hydrogen) atoms. The standard InChI is InChI=1S/C21H25F2N3S/c1-14-9-11-26(12-10-14)18-6-3-16(4-7-18)15(2)24-21(27)25-17-5-8-19(22)20(23)13-17/h3-8,13-15H,9-12H2,1-2H3,(H2,24,25,27). The lowest BCUT2D eigenvalue weighted by molar-refractivity contribution is 0.438. The molecule has 6 heteroatoms. The first-order valence-electron chi connectivity index (χ1n) is 9.30. The van der Waals surface area contributed by atoms with E-state index in [1.165, 1.54) is 24.6 Å². The lowest BCUT2D eigenvalue weighted by atomic mass is 9.98. The van der Waals surface area contributed by atoms with Crippen LogP contribution in [0.5, 0.6) is 0 Å². The van der Waals surface area contributed by atoms with Gasteiger partial charge >= 0.3 is 0 Å². The molecule has 1 saturated heterocycles. The molecule has 1 aliphatic heterocycles. The average molecular weight is 390 g/mol. The third-order valence-corrected chi connectivity index (χ3v) is 5.29. The number of piperidine rings is 1. The van der Waals surface area contributed by atoms with Crippen LogP contribution >= 0.6 is 12.2 Å². The normalized spacial score (nSPS) is 16.1. The van der Waals surface area contributed by atoms with Gasteiger partial charge in [0, 0.05) is 30.5 Å². The van der Waals surface area contributed by atoms with Gasteiger partial charge in [0.1, 0.15) is 0 Å². The van der Waals surface area contributed by atoms with E-state index in [0.717, 1.165) is 36.7 Å². The number of nitrogens with zero attached hydrogens (tertiary/aromatic N) is 1. The van der Waals surface area contributed by atoms with E-state index in [1.807, 2.05) is 6.92 Å². The number of hydrogen-bond donors (Lipinski definition) is 2. The fraction of sp³-hybridized carbons (Fsp3) is 0.381. The second-order valence-corrected chi connectivity index (χ2v) is 7.62. The Morgan fingerprint density at radius 3 is 2.37 bits per heavy atom. The molecule has 0 aliphatic carbocycles. The zero-order chi connectivity index (χ0) is 19.4. The van der Waals surface area contributed by atoms with E-state index in [9.17, 15) is 8.78 Å². The zero-order valence-electron chi connectivity index (χ0n) is 15.6. The zero-order valence-corrected chi connectivity index (χ0v) is 16.5. The summed E-state index contributed by atoms with van der Waals surface area (Å²) >= 11 is 5.28. The van der Waals surface area contributed by atoms with Crippen molar-refractivity contribution in [2.75, 3.05) is 23.3 Å². The number of anilines is 2. The van der Waals surface area contributed by atoms with Crippen LogP contribution in [-0.4, -0.2) is 18.2 Å². The van der Waals surface area contributed by atoms with E-state index >= 15 is 0 Å². The van der Waals surface area contributed by atoms with Crippen LogP contribution in [0, 0.1) is 17.6 Å². The van der Waals surface area contributed by atoms with Crippen LogP contribution in [0.25, 0.3) is 0 Å². The van der Waals surface area contributed by atoms with Crippen molar-refractivity contribution >= 4 is 28.7 Å². The van der Waals surface area contributed by atoms with Crippen LogP contribution in [-0.2, 0) is 0 Å². The SMILES string of the molecule is CC1CCN(c2ccc(C(C)NC(=S)Nc3ccc(F)c(F)c3)cc2)CC1. The minimum Gasteiger partial charge on any atom is -0.372 e. The topological polar surface area (TPSA) is 27.3 Å². The van der Waals surface area contributed by atoms with Gasteiger partial charge in [0.15, 0.2) is 16.7 Å². The van der Waals surface area contributed by atoms with E-state index < -0.39 is 11.6 Å². The lowest BCUT2D eigenvalue weighted by Gasteiger charge is -2.32. The van der Waals surface area contributed by atoms with Gasteiger partial charge in [-0.05, 0) is 67.7 Å². The fourth-order valence-corrected chi connectivity index (χ4v) is 3.56. The molecule has 0 amide bonds. The van der Waals surface area contributed by atoms with Gasteiger partial charge < -0.3 is 15.5 Å². The third-order valence-electron chi connectivity index (χ3n) is 5.07. The van der Waals surface area contributed by atoms with Gasteiger partial charge in [0.25, 0.3) is 0 Å². The highest BCUT2D eigenvalue weighted by molar-refractivity contribution is 7.80. The van der Waals surface area contributed by atoms with E-state index in [1.54, 1.807) is 0 Å². The summed E-state index contributed by atoms with van der Waals surface area (Å²) in [7, 11) is 0. The molecular formula is C21H25F2N3S. The molecule has 2 aromatic carbocycles. The summed E-state index contributed by atoms with van der Waals surface area (Å²) in [6.07, 6.45) is 2.48. The third kappa shape index (κ3) is 5.16. The highest BCUT2D eigenvalue weighted by Crippen LogP contribution is 2.24. The largest absolute Gasteiger partial charge is 0.372 e. The molecule has 3 nitrogen and oxygen atoms in total. The summed E-state index contributed by atoms with van der Waals surface area (Å²) in [5, 5.41) is 6.42. The first kappa shape index (κ1) is 19.5. The van der Waals surface area contributed by atoms with Crippen molar-refractivity contribution in [1.82, 2.24) is 5.32 Å². The van der Waals surface area contributed by atoms with Gasteiger partial charge in [-0.25, -0.2) is 8.78 Å². The van der Waals surface area contributed by atoms with E-state index in [-0.39, 0.29) is 6.04 Å². The molecule has 1 heterocycles. The molecule has 3 rings (SSSR count). The minimum atomic E-state index is -0.904. The van der Waals surface area contributed by atoms with Gasteiger partial charge in [-0.2, -0.15) is 0 Å². The van der Waals surface area contributed by atoms with Crippen molar-refractivity contribution in [3.63, 3.8) is 0 Å². The maximum atomic E-state index is 13.3. The quantitative estimate of drug-likeness (QED) is 0.699. The minimum absolute atomic E-state index is 0.00859. The number of rotatable bonds is 4. The summed E-state index contributed by atoms with van der Waals surface area (Å²) in [5.74, 6) is -0.970. The smallest absolute Gasteiger partial charge is 0.171 e. The maximum absolute atomic E-state index is 13.3. The Labute approximate surface area is 164 Å². The van der Waals surface area contributed by atoms with E-state index in [2.05, 4.69) is 46.7 Å². The molecule has 0 aromatic heterocycles. The molecule has 1 fully saturated rings. The molecule has 144 valence electrons. The summed E-state index contributed by atoms with van der Waals surface area (Å²) in [6.45, 7) is 6.54. The molecule has 1 atom stereocenters. The van der Waals surface area contributed by atoms with Crippen molar-refractivity contribution in [3.8, 4) is 0 Å². The molecular weight excluding hydrogens is 364 g/mol. The fourth-order valence-electron chi connectivity index (χ4n) is 3.26. The van der Waals surface area contributed by atoms with Crippen LogP contribution in [0.4, 0.5) is 20.2 Å². The number of nitrogens with one attached hydrogen (secondary N) is 2. The van der Waals surface area contributed by atoms with Gasteiger partial charge in [0.2, 0.25) is 0 Å². The first-order chi connectivity index (χ1) is 12.9. The molecule has 0 bridgehead atoms. The van der Waals surface area contributed by atoms with Crippen molar-refractivity contribution in [1.29, 1.82) is 0 Å². The number of thiocarbonyl (C=S) groups is 1. The van der Waals surface area contributed by atoms with Crippen molar-refractivity contribution < 1.29 is 8.78 Å². The molecule has 0 radical (unpaired) electrons. The highest BCUT2D eigenvalue weighted by atomic mass is 32.1. The Kier molecular flexibility index (Phi) is 6.26. The van der Waals surface area contributed by atoms with Crippen molar-refractivity contribution in [3.05, 3.63) is 59.7 Å². The Bertz CT molecular complexity index is 787. The maximum Gasteiger partial charge on any atom is 0.171 e. The molecule has 0 saturated carbocycles. The Morgan fingerprint density at radius 1 is 1.07 bits per heavy atom. The van der Waals surface area contributed by atoms with Crippen LogP contribution in [0.3, 0.4) is 0 Å². The second-order valence-electron chi connectivity index (χ2n) is 7.21. The molecule has 0 spiro atoms. The van der Waals surface area contributed by atoms with Crippen LogP contribution in [0.1, 0.15) is 38.3 Å². The monoisotopic (exact) mass is 389 g/mol. The summed E-state index contributed by atoms with van der Waals surface area (Å²) in [6, 6.07) is 12.1. The van der Waals surface area contributed by atoms with Gasteiger partial charge in [0.05, 0.1) is 6.04 Å². The van der Waals surface area contributed by atoms with Gasteiger partial charge in [-0.3, -0.25) is 0 Å². The van der Waals surface area contributed by atoms with Crippen molar-refractivity contribution in [2.45, 2.75) is 32.7 Å². The first-order valence-corrected chi connectivity index (χ1v) is 9.70. The Hall–Kier alpha value is -2.21. The van der Waals surface area contributed by atoms with Crippen LogP contribution < -0.4 is 15.5 Å². The molecule has 1 aliphatic rings. The molecule has 1 unspecified atom stereocenters. The number of hydrogen-bond acceptors (Lipinski definition) is 2. The second kappa shape index (κ2) is 8.65. The number of halogens is 2.